The summed E-state index contributed by atoms with van der Waals surface area (Å²) in [5.41, 5.74) is -0.395. The van der Waals surface area contributed by atoms with Gasteiger partial charge in [-0.25, -0.2) is 0 Å². The molecule has 1 saturated carbocycles. The molecule has 17 heavy (non-hydrogen) atoms. The van der Waals surface area contributed by atoms with Crippen molar-refractivity contribution in [1.29, 1.82) is 0 Å². The molecule has 3 rings (SSSR count). The van der Waals surface area contributed by atoms with Crippen LogP contribution in [0.2, 0.25) is 0 Å². The molecule has 3 heteroatoms. The molecule has 3 fully saturated rings. The van der Waals surface area contributed by atoms with Crippen LogP contribution in [0.3, 0.4) is 0 Å². The van der Waals surface area contributed by atoms with E-state index in [2.05, 4.69) is 10.2 Å². The molecular weight excluding hydrogens is 212 g/mol. The molecule has 0 aromatic heterocycles. The lowest BCUT2D eigenvalue weighted by Gasteiger charge is -2.37. The summed E-state index contributed by atoms with van der Waals surface area (Å²) < 4.78 is 0. The van der Waals surface area contributed by atoms with Gasteiger partial charge in [-0.05, 0) is 44.7 Å². The van der Waals surface area contributed by atoms with Crippen molar-refractivity contribution in [1.82, 2.24) is 10.2 Å². The largest absolute Gasteiger partial charge is 0.389 e. The topological polar surface area (TPSA) is 35.5 Å². The lowest BCUT2D eigenvalue weighted by molar-refractivity contribution is -0.000191. The molecule has 2 bridgehead atoms. The van der Waals surface area contributed by atoms with Gasteiger partial charge < -0.3 is 15.3 Å². The Labute approximate surface area is 105 Å². The van der Waals surface area contributed by atoms with E-state index in [1.807, 2.05) is 0 Å². The Morgan fingerprint density at radius 1 is 1.12 bits per heavy atom. The number of hydrogen-bond donors (Lipinski definition) is 2. The second kappa shape index (κ2) is 4.87. The van der Waals surface area contributed by atoms with E-state index < -0.39 is 5.60 Å². The van der Waals surface area contributed by atoms with Gasteiger partial charge in [-0.15, -0.1) is 0 Å². The zero-order valence-electron chi connectivity index (χ0n) is 10.8. The Morgan fingerprint density at radius 3 is 2.71 bits per heavy atom. The lowest BCUT2D eigenvalue weighted by atomic mass is 9.84. The zero-order valence-corrected chi connectivity index (χ0v) is 10.8. The number of rotatable bonds is 3. The van der Waals surface area contributed by atoms with Gasteiger partial charge in [0.15, 0.2) is 0 Å². The van der Waals surface area contributed by atoms with E-state index in [-0.39, 0.29) is 0 Å². The maximum absolute atomic E-state index is 10.5. The lowest BCUT2D eigenvalue weighted by Crippen LogP contribution is -2.50. The van der Waals surface area contributed by atoms with Crippen molar-refractivity contribution < 1.29 is 5.11 Å². The minimum absolute atomic E-state index is 0.395. The van der Waals surface area contributed by atoms with Crippen LogP contribution < -0.4 is 5.32 Å². The van der Waals surface area contributed by atoms with Crippen molar-refractivity contribution in [2.75, 3.05) is 26.2 Å². The number of nitrogens with one attached hydrogen (secondary N) is 1. The molecule has 0 spiro atoms. The van der Waals surface area contributed by atoms with E-state index in [0.717, 1.165) is 25.3 Å². The monoisotopic (exact) mass is 238 g/mol. The van der Waals surface area contributed by atoms with Gasteiger partial charge in [0.2, 0.25) is 0 Å². The Bertz CT molecular complexity index is 263. The number of fused-ring (bicyclic) bond motifs is 2. The summed E-state index contributed by atoms with van der Waals surface area (Å²) in [5, 5.41) is 14.2. The second-order valence-electron chi connectivity index (χ2n) is 6.41. The highest BCUT2D eigenvalue weighted by atomic mass is 16.3. The van der Waals surface area contributed by atoms with Gasteiger partial charge in [0.1, 0.15) is 0 Å². The first-order valence-electron chi connectivity index (χ1n) is 7.43. The van der Waals surface area contributed by atoms with E-state index in [1.54, 1.807) is 0 Å². The quantitative estimate of drug-likeness (QED) is 0.779. The van der Waals surface area contributed by atoms with E-state index in [4.69, 9.17) is 0 Å². The van der Waals surface area contributed by atoms with Crippen molar-refractivity contribution in [3.8, 4) is 0 Å². The average molecular weight is 238 g/mol. The number of nitrogens with zero attached hydrogens (tertiary/aromatic N) is 1. The molecule has 2 saturated heterocycles. The van der Waals surface area contributed by atoms with Gasteiger partial charge in [-0.1, -0.05) is 19.3 Å². The van der Waals surface area contributed by atoms with Crippen LogP contribution in [0.5, 0.6) is 0 Å². The zero-order chi connectivity index (χ0) is 11.7. The fourth-order valence-electron chi connectivity index (χ4n) is 3.93. The maximum atomic E-state index is 10.5. The van der Waals surface area contributed by atoms with Crippen LogP contribution in [-0.4, -0.2) is 47.8 Å². The third-order valence-corrected chi connectivity index (χ3v) is 5.11. The fraction of sp³-hybridized carbons (Fsp3) is 1.00. The molecule has 3 nitrogen and oxygen atoms in total. The van der Waals surface area contributed by atoms with Crippen molar-refractivity contribution in [2.24, 2.45) is 5.92 Å². The van der Waals surface area contributed by atoms with Crippen molar-refractivity contribution in [3.63, 3.8) is 0 Å². The highest BCUT2D eigenvalue weighted by Crippen LogP contribution is 2.30. The van der Waals surface area contributed by atoms with Crippen molar-refractivity contribution in [3.05, 3.63) is 0 Å². The minimum Gasteiger partial charge on any atom is -0.389 e. The molecule has 1 aliphatic carbocycles. The summed E-state index contributed by atoms with van der Waals surface area (Å²) >= 11 is 0. The van der Waals surface area contributed by atoms with Crippen LogP contribution >= 0.6 is 0 Å². The van der Waals surface area contributed by atoms with Gasteiger partial charge in [0, 0.05) is 19.1 Å². The molecule has 2 heterocycles. The molecule has 3 atom stereocenters. The smallest absolute Gasteiger partial charge is 0.0771 e. The molecule has 98 valence electrons. The summed E-state index contributed by atoms with van der Waals surface area (Å²) in [4.78, 5) is 2.58. The predicted octanol–water partition coefficient (Wildman–Crippen LogP) is 1.37. The van der Waals surface area contributed by atoms with Crippen molar-refractivity contribution in [2.45, 2.75) is 56.6 Å². The van der Waals surface area contributed by atoms with Crippen molar-refractivity contribution >= 4 is 0 Å². The van der Waals surface area contributed by atoms with Crippen LogP contribution in [0.1, 0.15) is 44.9 Å². The Hall–Kier alpha value is -0.120. The molecule has 2 aliphatic heterocycles. The third kappa shape index (κ3) is 2.67. The maximum Gasteiger partial charge on any atom is 0.0771 e. The van der Waals surface area contributed by atoms with Gasteiger partial charge in [-0.3, -0.25) is 0 Å². The number of aliphatic hydroxyl groups is 1. The summed E-state index contributed by atoms with van der Waals surface area (Å²) in [7, 11) is 0. The number of piperidine rings is 1. The minimum atomic E-state index is -0.395. The Kier molecular flexibility index (Phi) is 3.42. The van der Waals surface area contributed by atoms with Crippen LogP contribution in [0.15, 0.2) is 0 Å². The van der Waals surface area contributed by atoms with E-state index in [1.165, 1.54) is 51.7 Å². The highest BCUT2D eigenvalue weighted by molar-refractivity contribution is 4.93. The molecule has 3 aliphatic rings. The second-order valence-corrected chi connectivity index (χ2v) is 6.41. The standard InChI is InChI=1S/C14H26N2O/c17-14(6-2-1-3-7-14)11-15-13-5-9-16-8-4-12(13)10-16/h12-13,15,17H,1-11H2. The first kappa shape index (κ1) is 11.9. The van der Waals surface area contributed by atoms with E-state index in [9.17, 15) is 5.11 Å². The molecule has 0 radical (unpaired) electrons. The first-order chi connectivity index (χ1) is 8.25. The number of hydrogen-bond acceptors (Lipinski definition) is 3. The fourth-order valence-corrected chi connectivity index (χ4v) is 3.93. The molecule has 3 unspecified atom stereocenters. The van der Waals surface area contributed by atoms with Crippen LogP contribution in [0, 0.1) is 5.92 Å². The summed E-state index contributed by atoms with van der Waals surface area (Å²) in [6.07, 6.45) is 8.37. The van der Waals surface area contributed by atoms with Gasteiger partial charge in [-0.2, -0.15) is 0 Å². The Morgan fingerprint density at radius 2 is 1.88 bits per heavy atom. The highest BCUT2D eigenvalue weighted by Gasteiger charge is 2.36. The van der Waals surface area contributed by atoms with Gasteiger partial charge in [0.25, 0.3) is 0 Å². The Balaban J connectivity index is 1.50. The van der Waals surface area contributed by atoms with E-state index in [0.29, 0.717) is 6.04 Å². The molecule has 2 N–H and O–H groups in total. The normalized spacial score (nSPS) is 40.4. The average Bonchev–Trinajstić information content (AvgIpc) is 2.72. The molecular formula is C14H26N2O. The summed E-state index contributed by atoms with van der Waals surface area (Å²) in [6, 6.07) is 0.666. The van der Waals surface area contributed by atoms with Crippen LogP contribution in [0.4, 0.5) is 0 Å². The molecule has 0 aromatic carbocycles. The molecule has 0 aromatic rings. The van der Waals surface area contributed by atoms with Crippen LogP contribution in [-0.2, 0) is 0 Å². The molecule has 0 amide bonds. The predicted molar refractivity (Wildman–Crippen MR) is 69.0 cm³/mol. The van der Waals surface area contributed by atoms with E-state index >= 15 is 0 Å². The summed E-state index contributed by atoms with van der Waals surface area (Å²) in [5.74, 6) is 0.843. The third-order valence-electron chi connectivity index (χ3n) is 5.11. The first-order valence-corrected chi connectivity index (χ1v) is 7.43. The SMILES string of the molecule is OC1(CNC2CCN3CCC2C3)CCCCC1. The van der Waals surface area contributed by atoms with Gasteiger partial charge in [0.05, 0.1) is 5.60 Å². The summed E-state index contributed by atoms with van der Waals surface area (Å²) in [6.45, 7) is 4.67. The van der Waals surface area contributed by atoms with Gasteiger partial charge >= 0.3 is 0 Å². The van der Waals surface area contributed by atoms with Crippen LogP contribution in [0.25, 0.3) is 0 Å².